The lowest BCUT2D eigenvalue weighted by Crippen LogP contribution is -2.26. The Labute approximate surface area is 132 Å². The Morgan fingerprint density at radius 3 is 2.18 bits per heavy atom. The SMILES string of the molecule is C[N+]1=C(C=CC=Cc2ccccc2)C(C)(C)c2ccccc21. The predicted molar refractivity (Wildman–Crippen MR) is 94.9 cm³/mol. The van der Waals surface area contributed by atoms with Crippen molar-refractivity contribution in [2.45, 2.75) is 19.3 Å². The second-order valence-electron chi connectivity index (χ2n) is 6.22. The van der Waals surface area contributed by atoms with Gasteiger partial charge in [0.05, 0.1) is 5.41 Å². The van der Waals surface area contributed by atoms with Crippen LogP contribution in [-0.2, 0) is 5.41 Å². The fraction of sp³-hybridized carbons (Fsp3) is 0.190. The lowest BCUT2D eigenvalue weighted by atomic mass is 9.81. The molecule has 0 aliphatic carbocycles. The van der Waals surface area contributed by atoms with Crippen molar-refractivity contribution in [2.75, 3.05) is 7.05 Å². The van der Waals surface area contributed by atoms with Gasteiger partial charge >= 0.3 is 0 Å². The molecular weight excluding hydrogens is 266 g/mol. The average Bonchev–Trinajstić information content (AvgIpc) is 2.73. The zero-order valence-corrected chi connectivity index (χ0v) is 13.5. The minimum atomic E-state index is 0.0441. The molecule has 110 valence electrons. The Hall–Kier alpha value is -2.41. The number of hydrogen-bond acceptors (Lipinski definition) is 0. The van der Waals surface area contributed by atoms with Crippen LogP contribution < -0.4 is 0 Å². The molecular formula is C21H22N+. The van der Waals surface area contributed by atoms with Gasteiger partial charge in [-0.2, -0.15) is 4.58 Å². The van der Waals surface area contributed by atoms with Crippen LogP contribution in [0.4, 0.5) is 5.69 Å². The van der Waals surface area contributed by atoms with Gasteiger partial charge < -0.3 is 0 Å². The third-order valence-electron chi connectivity index (χ3n) is 4.39. The van der Waals surface area contributed by atoms with Gasteiger partial charge in [0.1, 0.15) is 7.05 Å². The summed E-state index contributed by atoms with van der Waals surface area (Å²) in [6, 6.07) is 19.0. The largest absolute Gasteiger partial charge is 0.209 e. The summed E-state index contributed by atoms with van der Waals surface area (Å²) < 4.78 is 2.29. The lowest BCUT2D eigenvalue weighted by molar-refractivity contribution is -0.401. The molecule has 1 aliphatic rings. The first-order valence-electron chi connectivity index (χ1n) is 7.71. The number of para-hydroxylation sites is 1. The first kappa shape index (κ1) is 14.5. The lowest BCUT2D eigenvalue weighted by Gasteiger charge is -2.14. The molecule has 0 spiro atoms. The summed E-state index contributed by atoms with van der Waals surface area (Å²) >= 11 is 0. The van der Waals surface area contributed by atoms with Crippen LogP contribution in [0.1, 0.15) is 25.0 Å². The normalized spacial score (nSPS) is 16.7. The molecule has 0 bridgehead atoms. The zero-order valence-electron chi connectivity index (χ0n) is 13.5. The topological polar surface area (TPSA) is 3.01 Å². The van der Waals surface area contributed by atoms with Gasteiger partial charge in [0, 0.05) is 17.7 Å². The molecule has 0 aromatic heterocycles. The van der Waals surface area contributed by atoms with Crippen LogP contribution in [0.25, 0.3) is 6.08 Å². The number of fused-ring (bicyclic) bond motifs is 1. The average molecular weight is 288 g/mol. The van der Waals surface area contributed by atoms with E-state index in [1.807, 2.05) is 6.07 Å². The summed E-state index contributed by atoms with van der Waals surface area (Å²) in [4.78, 5) is 0. The molecule has 0 radical (unpaired) electrons. The van der Waals surface area contributed by atoms with Crippen LogP contribution >= 0.6 is 0 Å². The van der Waals surface area contributed by atoms with Crippen molar-refractivity contribution < 1.29 is 4.58 Å². The van der Waals surface area contributed by atoms with E-state index in [0.29, 0.717) is 0 Å². The van der Waals surface area contributed by atoms with Crippen molar-refractivity contribution in [1.29, 1.82) is 0 Å². The molecule has 22 heavy (non-hydrogen) atoms. The van der Waals surface area contributed by atoms with E-state index in [1.165, 1.54) is 22.5 Å². The van der Waals surface area contributed by atoms with Crippen LogP contribution in [0.2, 0.25) is 0 Å². The van der Waals surface area contributed by atoms with Crippen LogP contribution in [0.15, 0.2) is 72.8 Å². The molecule has 0 fully saturated rings. The number of rotatable bonds is 3. The van der Waals surface area contributed by atoms with Gasteiger partial charge in [0.2, 0.25) is 5.69 Å². The summed E-state index contributed by atoms with van der Waals surface area (Å²) in [6.45, 7) is 4.58. The van der Waals surface area contributed by atoms with E-state index < -0.39 is 0 Å². The predicted octanol–water partition coefficient (Wildman–Crippen LogP) is 4.96. The number of nitrogens with zero attached hydrogens (tertiary/aromatic N) is 1. The highest BCUT2D eigenvalue weighted by Crippen LogP contribution is 2.38. The van der Waals surface area contributed by atoms with Gasteiger partial charge in [0.15, 0.2) is 5.71 Å². The summed E-state index contributed by atoms with van der Waals surface area (Å²) in [5.74, 6) is 0. The first-order valence-corrected chi connectivity index (χ1v) is 7.71. The molecule has 3 rings (SSSR count). The summed E-state index contributed by atoms with van der Waals surface area (Å²) in [5, 5.41) is 0. The quantitative estimate of drug-likeness (QED) is 0.554. The molecule has 2 aromatic rings. The highest BCUT2D eigenvalue weighted by atomic mass is 15.0. The minimum absolute atomic E-state index is 0.0441. The van der Waals surface area contributed by atoms with E-state index in [2.05, 4.69) is 98.3 Å². The van der Waals surface area contributed by atoms with E-state index in [-0.39, 0.29) is 5.41 Å². The minimum Gasteiger partial charge on any atom is -0.198 e. The van der Waals surface area contributed by atoms with Crippen molar-refractivity contribution in [2.24, 2.45) is 0 Å². The van der Waals surface area contributed by atoms with E-state index in [1.54, 1.807) is 0 Å². The van der Waals surface area contributed by atoms with Crippen LogP contribution in [0, 0.1) is 0 Å². The molecule has 1 nitrogen and oxygen atoms in total. The van der Waals surface area contributed by atoms with E-state index in [4.69, 9.17) is 0 Å². The van der Waals surface area contributed by atoms with Crippen molar-refractivity contribution in [3.8, 4) is 0 Å². The third-order valence-corrected chi connectivity index (χ3v) is 4.39. The second kappa shape index (κ2) is 5.76. The van der Waals surface area contributed by atoms with Crippen molar-refractivity contribution in [3.05, 3.63) is 84.0 Å². The summed E-state index contributed by atoms with van der Waals surface area (Å²) in [5.41, 5.74) is 5.29. The Morgan fingerprint density at radius 2 is 1.45 bits per heavy atom. The maximum atomic E-state index is 2.29. The molecule has 1 heterocycles. The molecule has 2 aromatic carbocycles. The smallest absolute Gasteiger partial charge is 0.198 e. The number of allylic oxidation sites excluding steroid dienone is 3. The number of hydrogen-bond donors (Lipinski definition) is 0. The fourth-order valence-corrected chi connectivity index (χ4v) is 3.18. The Morgan fingerprint density at radius 1 is 0.818 bits per heavy atom. The third kappa shape index (κ3) is 2.55. The Balaban J connectivity index is 1.85. The van der Waals surface area contributed by atoms with Crippen molar-refractivity contribution in [3.63, 3.8) is 0 Å². The van der Waals surface area contributed by atoms with E-state index in [0.717, 1.165) is 0 Å². The van der Waals surface area contributed by atoms with Gasteiger partial charge in [-0.05, 0) is 19.4 Å². The van der Waals surface area contributed by atoms with Gasteiger partial charge in [-0.1, -0.05) is 66.8 Å². The fourth-order valence-electron chi connectivity index (χ4n) is 3.18. The van der Waals surface area contributed by atoms with E-state index in [9.17, 15) is 0 Å². The molecule has 1 heteroatoms. The molecule has 0 unspecified atom stereocenters. The van der Waals surface area contributed by atoms with E-state index >= 15 is 0 Å². The monoisotopic (exact) mass is 288 g/mol. The van der Waals surface area contributed by atoms with Crippen molar-refractivity contribution in [1.82, 2.24) is 0 Å². The van der Waals surface area contributed by atoms with Gasteiger partial charge in [-0.25, -0.2) is 0 Å². The maximum absolute atomic E-state index is 2.29. The molecule has 0 N–H and O–H groups in total. The van der Waals surface area contributed by atoms with Gasteiger partial charge in [-0.3, -0.25) is 0 Å². The standard InChI is InChI=1S/C21H22N/c1-21(2)18-14-8-9-15-19(18)22(3)20(21)16-10-7-13-17-11-5-4-6-12-17/h4-16H,1-3H3/q+1. The maximum Gasteiger partial charge on any atom is 0.209 e. The molecule has 0 amide bonds. The highest BCUT2D eigenvalue weighted by Gasteiger charge is 2.42. The van der Waals surface area contributed by atoms with Crippen LogP contribution in [0.5, 0.6) is 0 Å². The zero-order chi connectivity index (χ0) is 15.6. The molecule has 0 saturated heterocycles. The second-order valence-corrected chi connectivity index (χ2v) is 6.22. The van der Waals surface area contributed by atoms with Crippen LogP contribution in [-0.4, -0.2) is 17.3 Å². The highest BCUT2D eigenvalue weighted by molar-refractivity contribution is 6.03. The first-order chi connectivity index (χ1) is 10.6. The van der Waals surface area contributed by atoms with Crippen molar-refractivity contribution >= 4 is 17.5 Å². The van der Waals surface area contributed by atoms with Gasteiger partial charge in [-0.15, -0.1) is 0 Å². The molecule has 1 aliphatic heterocycles. The molecule has 0 saturated carbocycles. The number of benzene rings is 2. The Kier molecular flexibility index (Phi) is 3.81. The van der Waals surface area contributed by atoms with Crippen LogP contribution in [0.3, 0.4) is 0 Å². The summed E-state index contributed by atoms with van der Waals surface area (Å²) in [6.07, 6.45) is 8.59. The van der Waals surface area contributed by atoms with Gasteiger partial charge in [0.25, 0.3) is 0 Å². The molecule has 0 atom stereocenters. The Bertz CT molecular complexity index is 762. The summed E-state index contributed by atoms with van der Waals surface area (Å²) in [7, 11) is 2.15.